The van der Waals surface area contributed by atoms with Gasteiger partial charge in [0.2, 0.25) is 0 Å². The van der Waals surface area contributed by atoms with Crippen molar-refractivity contribution < 1.29 is 14.7 Å². The number of amides is 1. The summed E-state index contributed by atoms with van der Waals surface area (Å²) in [6.45, 7) is 1.80. The van der Waals surface area contributed by atoms with Gasteiger partial charge in [-0.05, 0) is 31.3 Å². The van der Waals surface area contributed by atoms with E-state index < -0.39 is 11.9 Å². The molecule has 8 nitrogen and oxygen atoms in total. The highest BCUT2D eigenvalue weighted by Crippen LogP contribution is 2.27. The Morgan fingerprint density at radius 1 is 1.37 bits per heavy atom. The van der Waals surface area contributed by atoms with Crippen LogP contribution in [0.3, 0.4) is 0 Å². The van der Waals surface area contributed by atoms with Gasteiger partial charge in [0.15, 0.2) is 5.13 Å². The van der Waals surface area contributed by atoms with E-state index in [1.807, 2.05) is 6.07 Å². The maximum absolute atomic E-state index is 12.2. The van der Waals surface area contributed by atoms with Crippen molar-refractivity contribution in [2.45, 2.75) is 13.0 Å². The first-order chi connectivity index (χ1) is 13.0. The Balaban J connectivity index is 1.66. The van der Waals surface area contributed by atoms with E-state index in [0.717, 1.165) is 25.2 Å². The maximum atomic E-state index is 12.2. The van der Waals surface area contributed by atoms with Gasteiger partial charge in [0.05, 0.1) is 11.3 Å². The summed E-state index contributed by atoms with van der Waals surface area (Å²) < 4.78 is 0. The molecule has 0 radical (unpaired) electrons. The standard InChI is InChI=1S/C18H17N5O3S/c1-23-7-6-14-15(10-23)27-18(22-14)20-9-12(8-19)16(24)21-13-4-2-11(3-5-13)17(25)26/h2-5,9H,6-7,10H2,1H3,(H,20,22)(H,21,24)(H,25,26)/b12-9-. The molecule has 3 N–H and O–H groups in total. The predicted octanol–water partition coefficient (Wildman–Crippen LogP) is 2.29. The molecule has 1 aromatic heterocycles. The fraction of sp³-hybridized carbons (Fsp3) is 0.222. The summed E-state index contributed by atoms with van der Waals surface area (Å²) in [5.41, 5.74) is 1.46. The number of carboxylic acid groups (broad SMARTS) is 1. The van der Waals surface area contributed by atoms with Crippen LogP contribution in [0, 0.1) is 11.3 Å². The Bertz CT molecular complexity index is 943. The van der Waals surface area contributed by atoms with Gasteiger partial charge in [0, 0.05) is 36.3 Å². The van der Waals surface area contributed by atoms with Gasteiger partial charge in [0.1, 0.15) is 11.6 Å². The van der Waals surface area contributed by atoms with Crippen LogP contribution in [0.25, 0.3) is 0 Å². The summed E-state index contributed by atoms with van der Waals surface area (Å²) in [4.78, 5) is 31.0. The lowest BCUT2D eigenvalue weighted by molar-refractivity contribution is -0.112. The van der Waals surface area contributed by atoms with Gasteiger partial charge in [-0.3, -0.25) is 4.79 Å². The minimum Gasteiger partial charge on any atom is -0.478 e. The topological polar surface area (TPSA) is 118 Å². The number of rotatable bonds is 5. The zero-order valence-electron chi connectivity index (χ0n) is 14.5. The lowest BCUT2D eigenvalue weighted by atomic mass is 10.2. The number of carbonyl (C=O) groups is 2. The molecule has 2 heterocycles. The van der Waals surface area contributed by atoms with Crippen molar-refractivity contribution in [3.63, 3.8) is 0 Å². The van der Waals surface area contributed by atoms with E-state index in [9.17, 15) is 14.9 Å². The van der Waals surface area contributed by atoms with Crippen molar-refractivity contribution in [1.29, 1.82) is 5.26 Å². The molecule has 0 unspecified atom stereocenters. The molecule has 1 aromatic carbocycles. The normalized spacial score (nSPS) is 14.1. The van der Waals surface area contributed by atoms with E-state index in [0.29, 0.717) is 10.8 Å². The fourth-order valence-electron chi connectivity index (χ4n) is 2.56. The molecule has 1 amide bonds. The SMILES string of the molecule is CN1CCc2nc(N/C=C(/C#N)C(=O)Nc3ccc(C(=O)O)cc3)sc2C1. The number of fused-ring (bicyclic) bond motifs is 1. The van der Waals surface area contributed by atoms with E-state index >= 15 is 0 Å². The van der Waals surface area contributed by atoms with Crippen LogP contribution in [-0.2, 0) is 17.8 Å². The summed E-state index contributed by atoms with van der Waals surface area (Å²) in [5, 5.41) is 24.3. The summed E-state index contributed by atoms with van der Waals surface area (Å²) in [6, 6.07) is 7.54. The number of thiazole rings is 1. The molecule has 27 heavy (non-hydrogen) atoms. The van der Waals surface area contributed by atoms with Crippen LogP contribution in [0.5, 0.6) is 0 Å². The second-order valence-corrected chi connectivity index (χ2v) is 7.11. The largest absolute Gasteiger partial charge is 0.478 e. The molecule has 3 rings (SSSR count). The average molecular weight is 383 g/mol. The number of nitrogens with one attached hydrogen (secondary N) is 2. The third kappa shape index (κ3) is 4.49. The molecule has 2 aromatic rings. The molecule has 0 atom stereocenters. The third-order valence-electron chi connectivity index (χ3n) is 4.02. The monoisotopic (exact) mass is 383 g/mol. The van der Waals surface area contributed by atoms with Crippen LogP contribution in [0.15, 0.2) is 36.0 Å². The Morgan fingerprint density at radius 2 is 2.11 bits per heavy atom. The number of hydrogen-bond acceptors (Lipinski definition) is 7. The third-order valence-corrected chi connectivity index (χ3v) is 5.03. The first-order valence-electron chi connectivity index (χ1n) is 8.15. The first kappa shape index (κ1) is 18.6. The van der Waals surface area contributed by atoms with Crippen molar-refractivity contribution in [3.05, 3.63) is 52.2 Å². The summed E-state index contributed by atoms with van der Waals surface area (Å²) in [5.74, 6) is -1.64. The Kier molecular flexibility index (Phi) is 5.49. The number of benzene rings is 1. The summed E-state index contributed by atoms with van der Waals surface area (Å²) in [7, 11) is 2.05. The van der Waals surface area contributed by atoms with Crippen molar-refractivity contribution >= 4 is 34.0 Å². The van der Waals surface area contributed by atoms with Crippen molar-refractivity contribution in [2.24, 2.45) is 0 Å². The molecule has 138 valence electrons. The number of carboxylic acids is 1. The first-order valence-corrected chi connectivity index (χ1v) is 8.96. The second-order valence-electron chi connectivity index (χ2n) is 6.03. The predicted molar refractivity (Wildman–Crippen MR) is 102 cm³/mol. The van der Waals surface area contributed by atoms with E-state index in [1.54, 1.807) is 0 Å². The highest BCUT2D eigenvalue weighted by molar-refractivity contribution is 7.15. The molecule has 9 heteroatoms. The highest BCUT2D eigenvalue weighted by Gasteiger charge is 2.18. The van der Waals surface area contributed by atoms with E-state index in [2.05, 4.69) is 27.6 Å². The quantitative estimate of drug-likeness (QED) is 0.535. The molecule has 1 aliphatic rings. The van der Waals surface area contributed by atoms with Crippen LogP contribution >= 0.6 is 11.3 Å². The van der Waals surface area contributed by atoms with Crippen LogP contribution in [-0.4, -0.2) is 40.5 Å². The van der Waals surface area contributed by atoms with Crippen LogP contribution < -0.4 is 10.6 Å². The lowest BCUT2D eigenvalue weighted by Crippen LogP contribution is -2.25. The minimum atomic E-state index is -1.05. The van der Waals surface area contributed by atoms with Gasteiger partial charge < -0.3 is 20.6 Å². The van der Waals surface area contributed by atoms with E-state index in [1.165, 1.54) is 46.7 Å². The zero-order valence-corrected chi connectivity index (χ0v) is 15.3. The van der Waals surface area contributed by atoms with Crippen LogP contribution in [0.4, 0.5) is 10.8 Å². The van der Waals surface area contributed by atoms with Gasteiger partial charge >= 0.3 is 5.97 Å². The summed E-state index contributed by atoms with van der Waals surface area (Å²) >= 11 is 1.51. The van der Waals surface area contributed by atoms with Crippen LogP contribution in [0.1, 0.15) is 20.9 Å². The molecule has 1 aliphatic heterocycles. The van der Waals surface area contributed by atoms with Crippen molar-refractivity contribution in [2.75, 3.05) is 24.2 Å². The number of carbonyl (C=O) groups excluding carboxylic acids is 1. The molecular formula is C18H17N5O3S. The maximum Gasteiger partial charge on any atom is 0.335 e. The van der Waals surface area contributed by atoms with E-state index in [4.69, 9.17) is 5.11 Å². The number of anilines is 2. The molecule has 0 saturated heterocycles. The van der Waals surface area contributed by atoms with Crippen molar-refractivity contribution in [1.82, 2.24) is 9.88 Å². The smallest absolute Gasteiger partial charge is 0.335 e. The number of likely N-dealkylation sites (N-methyl/N-ethyl adjacent to an activating group) is 1. The van der Waals surface area contributed by atoms with Gasteiger partial charge in [-0.25, -0.2) is 9.78 Å². The molecule has 0 aliphatic carbocycles. The van der Waals surface area contributed by atoms with Crippen molar-refractivity contribution in [3.8, 4) is 6.07 Å². The number of hydrogen-bond donors (Lipinski definition) is 3. The Labute approximate surface area is 159 Å². The zero-order chi connectivity index (χ0) is 19.4. The Hall–Kier alpha value is -3.22. The summed E-state index contributed by atoms with van der Waals surface area (Å²) in [6.07, 6.45) is 2.21. The van der Waals surface area contributed by atoms with Gasteiger partial charge in [-0.2, -0.15) is 5.26 Å². The lowest BCUT2D eigenvalue weighted by Gasteiger charge is -2.20. The number of aromatic nitrogens is 1. The van der Waals surface area contributed by atoms with Gasteiger partial charge in [0.25, 0.3) is 5.91 Å². The highest BCUT2D eigenvalue weighted by atomic mass is 32.1. The van der Waals surface area contributed by atoms with Gasteiger partial charge in [-0.1, -0.05) is 0 Å². The second kappa shape index (κ2) is 7.99. The number of nitriles is 1. The van der Waals surface area contributed by atoms with Crippen LogP contribution in [0.2, 0.25) is 0 Å². The van der Waals surface area contributed by atoms with E-state index in [-0.39, 0.29) is 11.1 Å². The molecule has 0 saturated carbocycles. The number of nitrogens with zero attached hydrogens (tertiary/aromatic N) is 3. The molecule has 0 bridgehead atoms. The number of aromatic carboxylic acids is 1. The molecule has 0 spiro atoms. The molecule has 0 fully saturated rings. The average Bonchev–Trinajstić information content (AvgIpc) is 3.04. The Morgan fingerprint density at radius 3 is 2.78 bits per heavy atom. The fourth-order valence-corrected chi connectivity index (χ4v) is 3.62. The van der Waals surface area contributed by atoms with Gasteiger partial charge in [-0.15, -0.1) is 11.3 Å². The molecular weight excluding hydrogens is 366 g/mol. The minimum absolute atomic E-state index is 0.109.